The highest BCUT2D eigenvalue weighted by atomic mass is 79.9. The fraction of sp³-hybridized carbons (Fsp3) is 0.316. The van der Waals surface area contributed by atoms with E-state index < -0.39 is 0 Å². The molecule has 140 valence electrons. The fourth-order valence-corrected chi connectivity index (χ4v) is 4.14. The third kappa shape index (κ3) is 4.72. The van der Waals surface area contributed by atoms with E-state index in [1.54, 1.807) is 13.2 Å². The first kappa shape index (κ1) is 21.1. The zero-order valence-electron chi connectivity index (χ0n) is 14.8. The highest BCUT2D eigenvalue weighted by Crippen LogP contribution is 2.34. The summed E-state index contributed by atoms with van der Waals surface area (Å²) >= 11 is 4.93. The number of rotatable bonds is 5. The van der Waals surface area contributed by atoms with Gasteiger partial charge in [0, 0.05) is 21.4 Å². The second-order valence-corrected chi connectivity index (χ2v) is 8.44. The Balaban J connectivity index is 0.00000243. The van der Waals surface area contributed by atoms with Crippen LogP contribution in [0.5, 0.6) is 5.75 Å². The van der Waals surface area contributed by atoms with Crippen LogP contribution in [0.2, 0.25) is 0 Å². The van der Waals surface area contributed by atoms with Crippen LogP contribution < -0.4 is 10.1 Å². The quantitative estimate of drug-likeness (QED) is 0.605. The van der Waals surface area contributed by atoms with Crippen LogP contribution in [0.25, 0.3) is 0 Å². The maximum atomic E-state index is 14.5. The van der Waals surface area contributed by atoms with Gasteiger partial charge in [-0.05, 0) is 44.2 Å². The first-order valence-corrected chi connectivity index (χ1v) is 9.74. The molecular formula is C19H21BrClFN2OS. The van der Waals surface area contributed by atoms with Gasteiger partial charge in [0.05, 0.1) is 24.1 Å². The van der Waals surface area contributed by atoms with Gasteiger partial charge in [-0.15, -0.1) is 24.2 Å². The second-order valence-electron chi connectivity index (χ2n) is 6.54. The third-order valence-electron chi connectivity index (χ3n) is 3.93. The number of hydrogen-bond acceptors (Lipinski definition) is 4. The molecule has 1 aliphatic heterocycles. The average Bonchev–Trinajstić information content (AvgIpc) is 2.93. The molecule has 3 rings (SSSR count). The van der Waals surface area contributed by atoms with Crippen molar-refractivity contribution in [1.29, 1.82) is 0 Å². The van der Waals surface area contributed by atoms with Crippen molar-refractivity contribution in [2.45, 2.75) is 30.0 Å². The number of benzene rings is 2. The van der Waals surface area contributed by atoms with E-state index >= 15 is 0 Å². The molecule has 0 atom stereocenters. The molecule has 0 saturated carbocycles. The lowest BCUT2D eigenvalue weighted by Gasteiger charge is -2.19. The minimum Gasteiger partial charge on any atom is -0.496 e. The summed E-state index contributed by atoms with van der Waals surface area (Å²) in [7, 11) is 1.64. The topological polar surface area (TPSA) is 33.6 Å². The van der Waals surface area contributed by atoms with Gasteiger partial charge in [-0.2, -0.15) is 0 Å². The van der Waals surface area contributed by atoms with E-state index in [0.29, 0.717) is 17.2 Å². The summed E-state index contributed by atoms with van der Waals surface area (Å²) in [4.78, 5) is 5.16. The Labute approximate surface area is 172 Å². The van der Waals surface area contributed by atoms with Crippen LogP contribution in [0, 0.1) is 5.82 Å². The van der Waals surface area contributed by atoms with E-state index in [4.69, 9.17) is 4.74 Å². The van der Waals surface area contributed by atoms with Gasteiger partial charge in [0.2, 0.25) is 0 Å². The Hall–Kier alpha value is -1.24. The molecule has 1 heterocycles. The molecule has 2 aromatic carbocycles. The Morgan fingerprint density at radius 1 is 1.31 bits per heavy atom. The lowest BCUT2D eigenvalue weighted by atomic mass is 10.1. The third-order valence-corrected chi connectivity index (χ3v) is 5.58. The number of hydrogen-bond donors (Lipinski definition) is 1. The molecule has 0 spiro atoms. The number of amidine groups is 1. The van der Waals surface area contributed by atoms with Gasteiger partial charge in [0.1, 0.15) is 17.4 Å². The molecule has 1 aliphatic rings. The number of nitrogens with zero attached hydrogens (tertiary/aromatic N) is 1. The Morgan fingerprint density at radius 2 is 2.08 bits per heavy atom. The Kier molecular flexibility index (Phi) is 6.99. The summed E-state index contributed by atoms with van der Waals surface area (Å²) in [5, 5.41) is 3.38. The van der Waals surface area contributed by atoms with Gasteiger partial charge >= 0.3 is 0 Å². The van der Waals surface area contributed by atoms with Crippen LogP contribution in [-0.4, -0.2) is 25.0 Å². The van der Waals surface area contributed by atoms with E-state index in [1.807, 2.05) is 24.3 Å². The predicted octanol–water partition coefficient (Wildman–Crippen LogP) is 5.44. The first-order chi connectivity index (χ1) is 11.9. The standard InChI is InChI=1S/C19H20BrFN2OS.ClH/c1-19(2)11-22-18(23-19)14-5-4-6-15(21)17(14)25-10-12-9-13(20)7-8-16(12)24-3;/h4-9H,10-11H2,1-3H3,(H,22,23);1H. The van der Waals surface area contributed by atoms with Gasteiger partial charge in [0.15, 0.2) is 0 Å². The van der Waals surface area contributed by atoms with Crippen LogP contribution in [0.4, 0.5) is 4.39 Å². The van der Waals surface area contributed by atoms with Crippen LogP contribution in [0.3, 0.4) is 0 Å². The maximum Gasteiger partial charge on any atom is 0.137 e. The van der Waals surface area contributed by atoms with Gasteiger partial charge < -0.3 is 10.1 Å². The molecular weight excluding hydrogens is 439 g/mol. The maximum absolute atomic E-state index is 14.5. The van der Waals surface area contributed by atoms with E-state index in [1.165, 1.54) is 17.8 Å². The summed E-state index contributed by atoms with van der Waals surface area (Å²) in [6, 6.07) is 11.0. The number of aliphatic imine (C=N–C) groups is 1. The highest BCUT2D eigenvalue weighted by Gasteiger charge is 2.27. The van der Waals surface area contributed by atoms with Crippen molar-refractivity contribution in [3.8, 4) is 5.75 Å². The molecule has 7 heteroatoms. The molecule has 0 unspecified atom stereocenters. The van der Waals surface area contributed by atoms with Crippen molar-refractivity contribution in [2.75, 3.05) is 13.7 Å². The van der Waals surface area contributed by atoms with Crippen molar-refractivity contribution < 1.29 is 9.13 Å². The second kappa shape index (κ2) is 8.63. The summed E-state index contributed by atoms with van der Waals surface area (Å²) in [6.07, 6.45) is 0. The number of ether oxygens (including phenoxy) is 1. The molecule has 26 heavy (non-hydrogen) atoms. The van der Waals surface area contributed by atoms with Gasteiger partial charge in [-0.25, -0.2) is 4.39 Å². The van der Waals surface area contributed by atoms with Crippen molar-refractivity contribution in [3.63, 3.8) is 0 Å². The molecule has 0 fully saturated rings. The zero-order valence-corrected chi connectivity index (χ0v) is 18.0. The minimum atomic E-state index is -0.231. The van der Waals surface area contributed by atoms with Gasteiger partial charge in [0.25, 0.3) is 0 Å². The summed E-state index contributed by atoms with van der Waals surface area (Å²) < 4.78 is 20.9. The van der Waals surface area contributed by atoms with Gasteiger partial charge in [-0.3, -0.25) is 4.99 Å². The summed E-state index contributed by atoms with van der Waals surface area (Å²) in [5.41, 5.74) is 1.72. The largest absolute Gasteiger partial charge is 0.496 e. The van der Waals surface area contributed by atoms with E-state index in [2.05, 4.69) is 40.1 Å². The van der Waals surface area contributed by atoms with Crippen LogP contribution in [0.1, 0.15) is 25.0 Å². The molecule has 3 nitrogen and oxygen atoms in total. The normalized spacial score (nSPS) is 15.0. The number of thioether (sulfide) groups is 1. The Morgan fingerprint density at radius 3 is 2.73 bits per heavy atom. The lowest BCUT2D eigenvalue weighted by molar-refractivity contribution is 0.411. The number of nitrogens with one attached hydrogen (secondary N) is 1. The molecule has 2 aromatic rings. The molecule has 0 bridgehead atoms. The van der Waals surface area contributed by atoms with E-state index in [9.17, 15) is 4.39 Å². The van der Waals surface area contributed by atoms with E-state index in [-0.39, 0.29) is 23.8 Å². The number of methoxy groups -OCH3 is 1. The highest BCUT2D eigenvalue weighted by molar-refractivity contribution is 9.10. The smallest absolute Gasteiger partial charge is 0.137 e. The van der Waals surface area contributed by atoms with Crippen molar-refractivity contribution >= 4 is 45.9 Å². The molecule has 0 radical (unpaired) electrons. The number of halogens is 3. The lowest BCUT2D eigenvalue weighted by Crippen LogP contribution is -2.40. The SMILES string of the molecule is COc1ccc(Br)cc1CSc1c(F)cccc1C1=NCC(C)(C)N1.Cl. The predicted molar refractivity (Wildman–Crippen MR) is 113 cm³/mol. The van der Waals surface area contributed by atoms with Crippen molar-refractivity contribution in [2.24, 2.45) is 4.99 Å². The van der Waals surface area contributed by atoms with Crippen molar-refractivity contribution in [1.82, 2.24) is 5.32 Å². The minimum absolute atomic E-state index is 0. The van der Waals surface area contributed by atoms with E-state index in [0.717, 1.165) is 27.2 Å². The average molecular weight is 460 g/mol. The molecule has 1 N–H and O–H groups in total. The van der Waals surface area contributed by atoms with Crippen LogP contribution >= 0.6 is 40.1 Å². The molecule has 0 aliphatic carbocycles. The van der Waals surface area contributed by atoms with Crippen molar-refractivity contribution in [3.05, 3.63) is 57.8 Å². The fourth-order valence-electron chi connectivity index (χ4n) is 2.68. The summed E-state index contributed by atoms with van der Waals surface area (Å²) in [5.74, 6) is 1.93. The van der Waals surface area contributed by atoms with Crippen LogP contribution in [0.15, 0.2) is 50.8 Å². The Bertz CT molecular complexity index is 829. The molecule has 0 saturated heterocycles. The molecule has 0 aromatic heterocycles. The monoisotopic (exact) mass is 458 g/mol. The first-order valence-electron chi connectivity index (χ1n) is 7.96. The zero-order chi connectivity index (χ0) is 18.0. The summed E-state index contributed by atoms with van der Waals surface area (Å²) in [6.45, 7) is 4.85. The van der Waals surface area contributed by atoms with Gasteiger partial charge in [-0.1, -0.05) is 22.0 Å². The van der Waals surface area contributed by atoms with Crippen LogP contribution in [-0.2, 0) is 5.75 Å². The molecule has 0 amide bonds.